The molecule has 0 spiro atoms. The van der Waals surface area contributed by atoms with Gasteiger partial charge in [-0.25, -0.2) is 0 Å². The van der Waals surface area contributed by atoms with E-state index in [1.165, 1.54) is 12.8 Å². The molecule has 4 nitrogen and oxygen atoms in total. The van der Waals surface area contributed by atoms with E-state index in [4.69, 9.17) is 4.74 Å². The van der Waals surface area contributed by atoms with Crippen molar-refractivity contribution in [1.29, 1.82) is 0 Å². The van der Waals surface area contributed by atoms with Gasteiger partial charge in [-0.3, -0.25) is 0 Å². The Balaban J connectivity index is 1.71. The lowest BCUT2D eigenvalue weighted by molar-refractivity contribution is 0.415. The zero-order valence-corrected chi connectivity index (χ0v) is 13.6. The number of nitrogens with one attached hydrogen (secondary N) is 1. The molecule has 1 aromatic carbocycles. The lowest BCUT2D eigenvalue weighted by atomic mass is 10.2. The second-order valence-electron chi connectivity index (χ2n) is 4.83. The molecule has 106 valence electrons. The molecule has 20 heavy (non-hydrogen) atoms. The maximum absolute atomic E-state index is 5.26. The Hall–Kier alpha value is -0.980. The average Bonchev–Trinajstić information content (AvgIpc) is 3.16. The third kappa shape index (κ3) is 3.37. The summed E-state index contributed by atoms with van der Waals surface area (Å²) in [6.45, 7) is 0.985. The van der Waals surface area contributed by atoms with Gasteiger partial charge in [0.05, 0.1) is 7.11 Å². The molecule has 1 aliphatic rings. The first-order chi connectivity index (χ1) is 9.76. The first kappa shape index (κ1) is 14.0. The van der Waals surface area contributed by atoms with Crippen molar-refractivity contribution < 1.29 is 4.74 Å². The second-order valence-corrected chi connectivity index (χ2v) is 6.74. The Kier molecular flexibility index (Phi) is 4.33. The fraction of sp³-hybridized carbons (Fsp3) is 0.429. The summed E-state index contributed by atoms with van der Waals surface area (Å²) in [4.78, 5) is 0. The van der Waals surface area contributed by atoms with Gasteiger partial charge in [0.2, 0.25) is 0 Å². The summed E-state index contributed by atoms with van der Waals surface area (Å²) in [5.41, 5.74) is 1.03. The van der Waals surface area contributed by atoms with E-state index in [-0.39, 0.29) is 0 Å². The Bertz CT molecular complexity index is 598. The highest BCUT2D eigenvalue weighted by Gasteiger charge is 2.20. The van der Waals surface area contributed by atoms with Crippen molar-refractivity contribution in [2.75, 3.05) is 13.7 Å². The zero-order valence-electron chi connectivity index (χ0n) is 11.2. The Morgan fingerprint density at radius 2 is 2.25 bits per heavy atom. The summed E-state index contributed by atoms with van der Waals surface area (Å²) in [6.07, 6.45) is 3.58. The van der Waals surface area contributed by atoms with Crippen LogP contribution in [0.3, 0.4) is 0 Å². The lowest BCUT2D eigenvalue weighted by Crippen LogP contribution is -2.19. The van der Waals surface area contributed by atoms with E-state index in [1.807, 2.05) is 18.2 Å². The molecule has 2 aromatic rings. The number of hydrogen-bond donors (Lipinski definition) is 1. The van der Waals surface area contributed by atoms with Crippen LogP contribution in [-0.4, -0.2) is 29.9 Å². The minimum Gasteiger partial charge on any atom is -0.497 e. The molecule has 0 bridgehead atoms. The molecule has 0 unspecified atom stereocenters. The quantitative estimate of drug-likeness (QED) is 0.865. The van der Waals surface area contributed by atoms with Crippen LogP contribution in [0.25, 0.3) is 10.6 Å². The van der Waals surface area contributed by atoms with Crippen molar-refractivity contribution in [3.63, 3.8) is 0 Å². The van der Waals surface area contributed by atoms with E-state index in [9.17, 15) is 0 Å². The predicted octanol–water partition coefficient (Wildman–Crippen LogP) is 3.27. The largest absolute Gasteiger partial charge is 0.497 e. The lowest BCUT2D eigenvalue weighted by Gasteiger charge is -2.03. The van der Waals surface area contributed by atoms with Crippen molar-refractivity contribution >= 4 is 27.3 Å². The van der Waals surface area contributed by atoms with Crippen LogP contribution >= 0.6 is 27.3 Å². The Morgan fingerprint density at radius 1 is 1.40 bits per heavy atom. The summed E-state index contributed by atoms with van der Waals surface area (Å²) in [7, 11) is 1.67. The predicted molar refractivity (Wildman–Crippen MR) is 84.3 cm³/mol. The van der Waals surface area contributed by atoms with E-state index >= 15 is 0 Å². The van der Waals surface area contributed by atoms with Gasteiger partial charge in [-0.15, -0.1) is 10.2 Å². The van der Waals surface area contributed by atoms with Crippen molar-refractivity contribution in [1.82, 2.24) is 15.5 Å². The van der Waals surface area contributed by atoms with E-state index < -0.39 is 0 Å². The third-order valence-electron chi connectivity index (χ3n) is 3.22. The number of halogens is 1. The van der Waals surface area contributed by atoms with Gasteiger partial charge in [-0.1, -0.05) is 27.3 Å². The van der Waals surface area contributed by atoms with Gasteiger partial charge < -0.3 is 10.1 Å². The molecule has 1 heterocycles. The maximum atomic E-state index is 5.26. The summed E-state index contributed by atoms with van der Waals surface area (Å²) < 4.78 is 6.27. The minimum atomic E-state index is 0.745. The number of methoxy groups -OCH3 is 1. The molecule has 1 aliphatic carbocycles. The van der Waals surface area contributed by atoms with E-state index in [0.717, 1.165) is 44.8 Å². The van der Waals surface area contributed by atoms with Crippen molar-refractivity contribution in [2.24, 2.45) is 0 Å². The molecule has 0 amide bonds. The first-order valence-electron chi connectivity index (χ1n) is 6.66. The van der Waals surface area contributed by atoms with Gasteiger partial charge in [0.1, 0.15) is 15.8 Å². The van der Waals surface area contributed by atoms with Crippen molar-refractivity contribution in [3.05, 3.63) is 27.7 Å². The van der Waals surface area contributed by atoms with Crippen molar-refractivity contribution in [3.8, 4) is 16.3 Å². The fourth-order valence-electron chi connectivity index (χ4n) is 1.93. The number of ether oxygens (including phenoxy) is 1. The zero-order chi connectivity index (χ0) is 13.9. The maximum Gasteiger partial charge on any atom is 0.149 e. The number of rotatable bonds is 6. The molecule has 0 aliphatic heterocycles. The molecule has 0 atom stereocenters. The SMILES string of the molecule is COc1ccc(Br)c(-c2nnc(CCNC3CC3)s2)c1. The summed E-state index contributed by atoms with van der Waals surface area (Å²) in [5, 5.41) is 14.1. The van der Waals surface area contributed by atoms with Gasteiger partial charge in [0, 0.05) is 29.0 Å². The average molecular weight is 354 g/mol. The Labute approximate surface area is 130 Å². The van der Waals surface area contributed by atoms with Gasteiger partial charge in [-0.05, 0) is 31.0 Å². The molecular formula is C14H16BrN3OS. The van der Waals surface area contributed by atoms with Crippen LogP contribution in [-0.2, 0) is 6.42 Å². The molecular weight excluding hydrogens is 338 g/mol. The second kappa shape index (κ2) is 6.20. The van der Waals surface area contributed by atoms with Crippen molar-refractivity contribution in [2.45, 2.75) is 25.3 Å². The topological polar surface area (TPSA) is 47.0 Å². The summed E-state index contributed by atoms with van der Waals surface area (Å²) >= 11 is 5.20. The monoisotopic (exact) mass is 353 g/mol. The fourth-order valence-corrected chi connectivity index (χ4v) is 3.36. The van der Waals surface area contributed by atoms with E-state index in [0.29, 0.717) is 0 Å². The standard InChI is InChI=1S/C14H16BrN3OS/c1-19-10-4-5-12(15)11(8-10)14-18-17-13(20-14)6-7-16-9-2-3-9/h4-5,8-9,16H,2-3,6-7H2,1H3. The highest BCUT2D eigenvalue weighted by molar-refractivity contribution is 9.10. The molecule has 1 aromatic heterocycles. The number of aromatic nitrogens is 2. The van der Waals surface area contributed by atoms with Crippen LogP contribution in [0.2, 0.25) is 0 Å². The molecule has 3 rings (SSSR count). The van der Waals surface area contributed by atoms with Crippen LogP contribution in [0, 0.1) is 0 Å². The normalized spacial score (nSPS) is 14.5. The van der Waals surface area contributed by atoms with E-state index in [1.54, 1.807) is 18.4 Å². The van der Waals surface area contributed by atoms with Gasteiger partial charge in [0.15, 0.2) is 0 Å². The van der Waals surface area contributed by atoms with Crippen LogP contribution in [0.1, 0.15) is 17.8 Å². The highest BCUT2D eigenvalue weighted by Crippen LogP contribution is 2.33. The van der Waals surface area contributed by atoms with Gasteiger partial charge in [0.25, 0.3) is 0 Å². The first-order valence-corrected chi connectivity index (χ1v) is 8.27. The van der Waals surface area contributed by atoms with Gasteiger partial charge in [-0.2, -0.15) is 0 Å². The molecule has 1 N–H and O–H groups in total. The molecule has 0 radical (unpaired) electrons. The smallest absolute Gasteiger partial charge is 0.149 e. The van der Waals surface area contributed by atoms with Crippen LogP contribution in [0.4, 0.5) is 0 Å². The molecule has 0 saturated heterocycles. The van der Waals surface area contributed by atoms with E-state index in [2.05, 4.69) is 31.4 Å². The summed E-state index contributed by atoms with van der Waals surface area (Å²) in [6, 6.07) is 6.63. The summed E-state index contributed by atoms with van der Waals surface area (Å²) in [5.74, 6) is 0.829. The van der Waals surface area contributed by atoms with Crippen LogP contribution < -0.4 is 10.1 Å². The third-order valence-corrected chi connectivity index (χ3v) is 4.93. The number of hydrogen-bond acceptors (Lipinski definition) is 5. The number of nitrogens with zero attached hydrogens (tertiary/aromatic N) is 2. The molecule has 6 heteroatoms. The molecule has 1 saturated carbocycles. The number of benzene rings is 1. The minimum absolute atomic E-state index is 0.745. The van der Waals surface area contributed by atoms with Crippen LogP contribution in [0.5, 0.6) is 5.75 Å². The highest BCUT2D eigenvalue weighted by atomic mass is 79.9. The molecule has 1 fully saturated rings. The Morgan fingerprint density at radius 3 is 3.00 bits per heavy atom. The van der Waals surface area contributed by atoms with Gasteiger partial charge >= 0.3 is 0 Å². The van der Waals surface area contributed by atoms with Crippen LogP contribution in [0.15, 0.2) is 22.7 Å².